The van der Waals surface area contributed by atoms with Crippen LogP contribution in [0.5, 0.6) is 0 Å². The zero-order valence-corrected chi connectivity index (χ0v) is 18.5. The molecule has 1 atom stereocenters. The molecule has 1 N–H and O–H groups in total. The molecule has 2 aromatic rings. The van der Waals surface area contributed by atoms with E-state index in [1.54, 1.807) is 4.68 Å². The Hall–Kier alpha value is -1.69. The third-order valence-corrected chi connectivity index (χ3v) is 5.79. The van der Waals surface area contributed by atoms with Gasteiger partial charge < -0.3 is 9.88 Å². The summed E-state index contributed by atoms with van der Waals surface area (Å²) in [5.74, 6) is 1.99. The Morgan fingerprint density at radius 1 is 1.18 bits per heavy atom. The Morgan fingerprint density at radius 2 is 1.86 bits per heavy atom. The molecule has 0 amide bonds. The molecule has 0 radical (unpaired) electrons. The van der Waals surface area contributed by atoms with Gasteiger partial charge in [0.25, 0.3) is 5.56 Å². The highest BCUT2D eigenvalue weighted by Gasteiger charge is 2.25. The van der Waals surface area contributed by atoms with E-state index in [1.807, 2.05) is 7.05 Å². The van der Waals surface area contributed by atoms with Gasteiger partial charge >= 0.3 is 0 Å². The van der Waals surface area contributed by atoms with Gasteiger partial charge in [0.2, 0.25) is 0 Å². The highest BCUT2D eigenvalue weighted by atomic mass is 16.1. The van der Waals surface area contributed by atoms with Crippen molar-refractivity contribution >= 4 is 11.0 Å². The molecule has 1 aliphatic heterocycles. The molecular formula is C22H37N5O. The van der Waals surface area contributed by atoms with Crippen LogP contribution < -0.4 is 5.56 Å². The molecule has 0 aliphatic carbocycles. The molecule has 6 heteroatoms. The minimum Gasteiger partial charge on any atom is -0.309 e. The highest BCUT2D eigenvalue weighted by molar-refractivity contribution is 5.77. The maximum Gasteiger partial charge on any atom is 0.277 e. The molecule has 28 heavy (non-hydrogen) atoms. The van der Waals surface area contributed by atoms with Gasteiger partial charge in [0, 0.05) is 18.9 Å². The fourth-order valence-electron chi connectivity index (χ4n) is 4.44. The molecule has 6 nitrogen and oxygen atoms in total. The van der Waals surface area contributed by atoms with E-state index in [-0.39, 0.29) is 11.0 Å². The van der Waals surface area contributed by atoms with Crippen molar-refractivity contribution in [2.24, 2.45) is 18.9 Å². The summed E-state index contributed by atoms with van der Waals surface area (Å²) in [6, 6.07) is 0. The van der Waals surface area contributed by atoms with E-state index in [9.17, 15) is 4.79 Å². The zero-order valence-electron chi connectivity index (χ0n) is 18.5. The average Bonchev–Trinajstić information content (AvgIpc) is 3.19. The summed E-state index contributed by atoms with van der Waals surface area (Å²) in [6.07, 6.45) is 5.82. The number of hydrogen-bond donors (Lipinski definition) is 1. The van der Waals surface area contributed by atoms with Gasteiger partial charge in [-0.25, -0.2) is 4.98 Å². The zero-order chi connectivity index (χ0) is 20.5. The van der Waals surface area contributed by atoms with E-state index < -0.39 is 0 Å². The SMILES string of the molecule is CC(C)CC(CCN1CCCC1)Cc1nc2c(C(C)(C)C)nn(C)c2c(=O)[nH]1. The van der Waals surface area contributed by atoms with Crippen LogP contribution in [0.2, 0.25) is 0 Å². The first-order valence-corrected chi connectivity index (χ1v) is 10.8. The maximum absolute atomic E-state index is 12.8. The Bertz CT molecular complexity index is 852. The fraction of sp³-hybridized carbons (Fsp3) is 0.773. The molecule has 1 aliphatic rings. The molecule has 1 saturated heterocycles. The third-order valence-electron chi connectivity index (χ3n) is 5.79. The van der Waals surface area contributed by atoms with Crippen molar-refractivity contribution in [3.63, 3.8) is 0 Å². The quantitative estimate of drug-likeness (QED) is 0.787. The molecule has 2 aromatic heterocycles. The van der Waals surface area contributed by atoms with Crippen LogP contribution in [-0.4, -0.2) is 44.3 Å². The van der Waals surface area contributed by atoms with Crippen molar-refractivity contribution in [1.29, 1.82) is 0 Å². The summed E-state index contributed by atoms with van der Waals surface area (Å²) < 4.78 is 1.67. The third kappa shape index (κ3) is 4.83. The Kier molecular flexibility index (Phi) is 6.28. The molecular weight excluding hydrogens is 350 g/mol. The molecule has 156 valence electrons. The van der Waals surface area contributed by atoms with Crippen LogP contribution in [0.3, 0.4) is 0 Å². The van der Waals surface area contributed by atoms with Gasteiger partial charge in [0.05, 0.1) is 5.69 Å². The van der Waals surface area contributed by atoms with Gasteiger partial charge in [-0.15, -0.1) is 0 Å². The van der Waals surface area contributed by atoms with Crippen molar-refractivity contribution in [1.82, 2.24) is 24.6 Å². The van der Waals surface area contributed by atoms with Gasteiger partial charge in [-0.2, -0.15) is 5.10 Å². The van der Waals surface area contributed by atoms with Gasteiger partial charge in [0.15, 0.2) is 5.52 Å². The number of nitrogens with zero attached hydrogens (tertiary/aromatic N) is 4. The summed E-state index contributed by atoms with van der Waals surface area (Å²) in [6.45, 7) is 14.5. The van der Waals surface area contributed by atoms with E-state index in [1.165, 1.54) is 32.4 Å². The predicted molar refractivity (Wildman–Crippen MR) is 115 cm³/mol. The number of likely N-dealkylation sites (tertiary alicyclic amines) is 1. The van der Waals surface area contributed by atoms with Crippen LogP contribution in [0.1, 0.15) is 71.8 Å². The minimum atomic E-state index is -0.148. The summed E-state index contributed by atoms with van der Waals surface area (Å²) in [5, 5.41) is 4.61. The Labute approximate surface area is 168 Å². The standard InChI is InChI=1S/C22H37N5O/c1-15(2)13-16(9-12-27-10-7-8-11-27)14-17-23-18-19(21(28)24-17)26(6)25-20(18)22(3,4)5/h15-16H,7-14H2,1-6H3,(H,23,24,28). The van der Waals surface area contributed by atoms with E-state index in [4.69, 9.17) is 4.98 Å². The smallest absolute Gasteiger partial charge is 0.277 e. The van der Waals surface area contributed by atoms with Gasteiger partial charge in [-0.3, -0.25) is 9.48 Å². The molecule has 3 rings (SSSR count). The van der Waals surface area contributed by atoms with Crippen molar-refractivity contribution in [3.05, 3.63) is 21.9 Å². The predicted octanol–water partition coefficient (Wildman–Crippen LogP) is 3.64. The number of rotatable bonds is 7. The number of aromatic amines is 1. The highest BCUT2D eigenvalue weighted by Crippen LogP contribution is 2.27. The second-order valence-corrected chi connectivity index (χ2v) is 9.97. The summed E-state index contributed by atoms with van der Waals surface area (Å²) in [4.78, 5) is 23.3. The topological polar surface area (TPSA) is 66.8 Å². The van der Waals surface area contributed by atoms with Crippen LogP contribution in [0.4, 0.5) is 0 Å². The number of aromatic nitrogens is 4. The maximum atomic E-state index is 12.8. The van der Waals surface area contributed by atoms with Crippen LogP contribution in [0, 0.1) is 11.8 Å². The molecule has 0 bridgehead atoms. The fourth-order valence-corrected chi connectivity index (χ4v) is 4.44. The first-order chi connectivity index (χ1) is 13.1. The summed E-state index contributed by atoms with van der Waals surface area (Å²) >= 11 is 0. The summed E-state index contributed by atoms with van der Waals surface area (Å²) in [7, 11) is 1.83. The summed E-state index contributed by atoms with van der Waals surface area (Å²) in [5.41, 5.74) is 2.01. The van der Waals surface area contributed by atoms with Crippen molar-refractivity contribution in [2.45, 2.75) is 72.1 Å². The molecule has 1 unspecified atom stereocenters. The lowest BCUT2D eigenvalue weighted by molar-refractivity contribution is 0.280. The van der Waals surface area contributed by atoms with E-state index in [0.717, 1.165) is 36.4 Å². The Morgan fingerprint density at radius 3 is 2.46 bits per heavy atom. The van der Waals surface area contributed by atoms with E-state index in [2.05, 4.69) is 49.6 Å². The van der Waals surface area contributed by atoms with Crippen molar-refractivity contribution < 1.29 is 0 Å². The van der Waals surface area contributed by atoms with Crippen LogP contribution in [-0.2, 0) is 18.9 Å². The van der Waals surface area contributed by atoms with Crippen molar-refractivity contribution in [3.8, 4) is 0 Å². The van der Waals surface area contributed by atoms with Gasteiger partial charge in [0.1, 0.15) is 11.3 Å². The lowest BCUT2D eigenvalue weighted by Gasteiger charge is -2.22. The minimum absolute atomic E-state index is 0.0756. The average molecular weight is 388 g/mol. The monoisotopic (exact) mass is 387 g/mol. The second-order valence-electron chi connectivity index (χ2n) is 9.97. The molecule has 3 heterocycles. The van der Waals surface area contributed by atoms with Crippen LogP contribution in [0.25, 0.3) is 11.0 Å². The molecule has 0 aromatic carbocycles. The van der Waals surface area contributed by atoms with E-state index in [0.29, 0.717) is 17.4 Å². The normalized spacial score (nSPS) is 17.1. The van der Waals surface area contributed by atoms with Crippen LogP contribution in [0.15, 0.2) is 4.79 Å². The number of fused-ring (bicyclic) bond motifs is 1. The molecule has 0 saturated carbocycles. The van der Waals surface area contributed by atoms with Crippen molar-refractivity contribution in [2.75, 3.05) is 19.6 Å². The number of H-pyrrole nitrogens is 1. The molecule has 0 spiro atoms. The van der Waals surface area contributed by atoms with E-state index >= 15 is 0 Å². The van der Waals surface area contributed by atoms with Crippen LogP contribution >= 0.6 is 0 Å². The number of nitrogens with one attached hydrogen (secondary N) is 1. The largest absolute Gasteiger partial charge is 0.309 e. The van der Waals surface area contributed by atoms with Gasteiger partial charge in [-0.1, -0.05) is 34.6 Å². The number of hydrogen-bond acceptors (Lipinski definition) is 4. The molecule has 1 fully saturated rings. The first kappa shape index (κ1) is 21.0. The number of aryl methyl sites for hydroxylation is 1. The lowest BCUT2D eigenvalue weighted by Crippen LogP contribution is -2.25. The van der Waals surface area contributed by atoms with Gasteiger partial charge in [-0.05, 0) is 57.2 Å². The Balaban J connectivity index is 1.86. The first-order valence-electron chi connectivity index (χ1n) is 10.8. The lowest BCUT2D eigenvalue weighted by atomic mass is 9.90. The second kappa shape index (κ2) is 8.36.